The van der Waals surface area contributed by atoms with Crippen molar-refractivity contribution in [3.63, 3.8) is 0 Å². The third-order valence-corrected chi connectivity index (χ3v) is 4.56. The van der Waals surface area contributed by atoms with E-state index in [1.807, 2.05) is 17.0 Å². The second-order valence-corrected chi connectivity index (χ2v) is 5.79. The van der Waals surface area contributed by atoms with Gasteiger partial charge in [-0.15, -0.1) is 0 Å². The van der Waals surface area contributed by atoms with Gasteiger partial charge in [-0.1, -0.05) is 24.3 Å². The van der Waals surface area contributed by atoms with Gasteiger partial charge in [0.2, 0.25) is 11.8 Å². The van der Waals surface area contributed by atoms with Gasteiger partial charge in [-0.2, -0.15) is 0 Å². The van der Waals surface area contributed by atoms with Crippen LogP contribution in [0.25, 0.3) is 0 Å². The Morgan fingerprint density at radius 1 is 1.20 bits per heavy atom. The van der Waals surface area contributed by atoms with Crippen LogP contribution in [0.15, 0.2) is 24.3 Å². The highest BCUT2D eigenvalue weighted by Crippen LogP contribution is 2.36. The highest BCUT2D eigenvalue weighted by atomic mass is 16.2. The number of piperidine rings is 1. The average molecular weight is 272 g/mol. The van der Waals surface area contributed by atoms with E-state index in [9.17, 15) is 9.59 Å². The van der Waals surface area contributed by atoms with E-state index in [1.165, 1.54) is 11.1 Å². The van der Waals surface area contributed by atoms with Crippen molar-refractivity contribution in [2.75, 3.05) is 6.54 Å². The molecule has 1 aromatic rings. The lowest BCUT2D eigenvalue weighted by atomic mass is 9.85. The second-order valence-electron chi connectivity index (χ2n) is 5.79. The number of hydrogen-bond donors (Lipinski definition) is 1. The Hall–Kier alpha value is -1.84. The van der Waals surface area contributed by atoms with Crippen molar-refractivity contribution in [3.05, 3.63) is 35.4 Å². The molecule has 20 heavy (non-hydrogen) atoms. The molecule has 2 aliphatic rings. The predicted molar refractivity (Wildman–Crippen MR) is 75.8 cm³/mol. The minimum Gasteiger partial charge on any atom is -0.369 e. The van der Waals surface area contributed by atoms with E-state index >= 15 is 0 Å². The summed E-state index contributed by atoms with van der Waals surface area (Å²) < 4.78 is 0. The molecule has 0 unspecified atom stereocenters. The SMILES string of the molecule is NC(=O)[C@H]1CCC(=O)N([C@H]2CCCc3ccccc32)C1. The average Bonchev–Trinajstić information content (AvgIpc) is 2.47. The van der Waals surface area contributed by atoms with Gasteiger partial charge in [0.1, 0.15) is 0 Å². The molecule has 1 heterocycles. The number of nitrogens with two attached hydrogens (primary N) is 1. The maximum absolute atomic E-state index is 12.2. The Morgan fingerprint density at radius 2 is 2.00 bits per heavy atom. The fraction of sp³-hybridized carbons (Fsp3) is 0.500. The van der Waals surface area contributed by atoms with Gasteiger partial charge in [-0.05, 0) is 36.8 Å². The number of hydrogen-bond acceptors (Lipinski definition) is 2. The number of aryl methyl sites for hydroxylation is 1. The molecule has 2 atom stereocenters. The van der Waals surface area contributed by atoms with Crippen molar-refractivity contribution in [2.45, 2.75) is 38.1 Å². The third-order valence-electron chi connectivity index (χ3n) is 4.56. The Morgan fingerprint density at radius 3 is 2.80 bits per heavy atom. The Bertz CT molecular complexity index is 541. The molecule has 1 aromatic carbocycles. The van der Waals surface area contributed by atoms with Crippen LogP contribution < -0.4 is 5.73 Å². The summed E-state index contributed by atoms with van der Waals surface area (Å²) >= 11 is 0. The number of nitrogens with zero attached hydrogens (tertiary/aromatic N) is 1. The number of amides is 2. The molecule has 1 aliphatic carbocycles. The summed E-state index contributed by atoms with van der Waals surface area (Å²) in [7, 11) is 0. The van der Waals surface area contributed by atoms with Gasteiger partial charge in [-0.25, -0.2) is 0 Å². The molecular weight excluding hydrogens is 252 g/mol. The van der Waals surface area contributed by atoms with E-state index in [0.29, 0.717) is 19.4 Å². The standard InChI is InChI=1S/C16H20N2O2/c17-16(20)12-8-9-15(19)18(10-12)14-7-3-5-11-4-1-2-6-13(11)14/h1-2,4,6,12,14H,3,5,7-10H2,(H2,17,20)/t12-,14-/m0/s1. The smallest absolute Gasteiger partial charge is 0.223 e. The first-order valence-electron chi connectivity index (χ1n) is 7.33. The molecule has 0 saturated carbocycles. The van der Waals surface area contributed by atoms with Crippen LogP contribution in [0.4, 0.5) is 0 Å². The van der Waals surface area contributed by atoms with Gasteiger partial charge in [0, 0.05) is 13.0 Å². The van der Waals surface area contributed by atoms with E-state index in [2.05, 4.69) is 12.1 Å². The number of fused-ring (bicyclic) bond motifs is 1. The normalized spacial score (nSPS) is 26.2. The lowest BCUT2D eigenvalue weighted by Gasteiger charge is -2.40. The predicted octanol–water partition coefficient (Wildman–Crippen LogP) is 1.79. The van der Waals surface area contributed by atoms with E-state index in [-0.39, 0.29) is 23.8 Å². The van der Waals surface area contributed by atoms with Crippen LogP contribution in [0.3, 0.4) is 0 Å². The van der Waals surface area contributed by atoms with E-state index in [0.717, 1.165) is 19.3 Å². The largest absolute Gasteiger partial charge is 0.369 e. The summed E-state index contributed by atoms with van der Waals surface area (Å²) in [5.41, 5.74) is 8.00. The first kappa shape index (κ1) is 13.2. The number of carbonyl (C=O) groups excluding carboxylic acids is 2. The molecule has 106 valence electrons. The molecule has 0 radical (unpaired) electrons. The lowest BCUT2D eigenvalue weighted by molar-refractivity contribution is -0.140. The highest BCUT2D eigenvalue weighted by molar-refractivity contribution is 5.83. The summed E-state index contributed by atoms with van der Waals surface area (Å²) in [6.07, 6.45) is 4.18. The van der Waals surface area contributed by atoms with Crippen LogP contribution >= 0.6 is 0 Å². The first-order valence-corrected chi connectivity index (χ1v) is 7.33. The van der Waals surface area contributed by atoms with E-state index in [1.54, 1.807) is 0 Å². The summed E-state index contributed by atoms with van der Waals surface area (Å²) in [5.74, 6) is -0.322. The molecule has 1 saturated heterocycles. The zero-order chi connectivity index (χ0) is 14.1. The monoisotopic (exact) mass is 272 g/mol. The molecule has 1 fully saturated rings. The van der Waals surface area contributed by atoms with Crippen LogP contribution in [0, 0.1) is 5.92 Å². The molecule has 0 bridgehead atoms. The van der Waals surface area contributed by atoms with Crippen LogP contribution in [-0.4, -0.2) is 23.3 Å². The van der Waals surface area contributed by atoms with Crippen molar-refractivity contribution in [1.29, 1.82) is 0 Å². The highest BCUT2D eigenvalue weighted by Gasteiger charge is 2.35. The van der Waals surface area contributed by atoms with Crippen LogP contribution in [0.5, 0.6) is 0 Å². The maximum Gasteiger partial charge on any atom is 0.223 e. The zero-order valence-corrected chi connectivity index (χ0v) is 11.5. The molecule has 2 amide bonds. The Balaban J connectivity index is 1.88. The van der Waals surface area contributed by atoms with Crippen LogP contribution in [0.2, 0.25) is 0 Å². The minimum absolute atomic E-state index is 0.120. The molecule has 2 N–H and O–H groups in total. The number of primary amides is 1. The molecule has 4 heteroatoms. The van der Waals surface area contributed by atoms with Gasteiger partial charge in [0.25, 0.3) is 0 Å². The summed E-state index contributed by atoms with van der Waals surface area (Å²) in [5, 5.41) is 0. The van der Waals surface area contributed by atoms with Crippen molar-refractivity contribution in [2.24, 2.45) is 11.7 Å². The lowest BCUT2D eigenvalue weighted by Crippen LogP contribution is -2.46. The quantitative estimate of drug-likeness (QED) is 0.892. The fourth-order valence-corrected chi connectivity index (χ4v) is 3.46. The summed E-state index contributed by atoms with van der Waals surface area (Å²) in [6.45, 7) is 0.479. The second kappa shape index (κ2) is 5.27. The number of benzene rings is 1. The molecule has 1 aliphatic heterocycles. The third kappa shape index (κ3) is 2.30. The molecular formula is C16H20N2O2. The van der Waals surface area contributed by atoms with Crippen molar-refractivity contribution in [1.82, 2.24) is 4.90 Å². The Kier molecular flexibility index (Phi) is 3.47. The molecule has 0 spiro atoms. The molecule has 3 rings (SSSR count). The minimum atomic E-state index is -0.286. The van der Waals surface area contributed by atoms with Crippen molar-refractivity contribution in [3.8, 4) is 0 Å². The van der Waals surface area contributed by atoms with Crippen LogP contribution in [0.1, 0.15) is 42.9 Å². The van der Waals surface area contributed by atoms with Gasteiger partial charge in [-0.3, -0.25) is 9.59 Å². The zero-order valence-electron chi connectivity index (χ0n) is 11.5. The molecule has 0 aromatic heterocycles. The topological polar surface area (TPSA) is 63.4 Å². The first-order chi connectivity index (χ1) is 9.66. The Labute approximate surface area is 118 Å². The van der Waals surface area contributed by atoms with E-state index < -0.39 is 0 Å². The number of carbonyl (C=O) groups is 2. The fourth-order valence-electron chi connectivity index (χ4n) is 3.46. The van der Waals surface area contributed by atoms with Crippen molar-refractivity contribution >= 4 is 11.8 Å². The van der Waals surface area contributed by atoms with E-state index in [4.69, 9.17) is 5.73 Å². The maximum atomic E-state index is 12.2. The van der Waals surface area contributed by atoms with Crippen molar-refractivity contribution < 1.29 is 9.59 Å². The van der Waals surface area contributed by atoms with Crippen LogP contribution in [-0.2, 0) is 16.0 Å². The van der Waals surface area contributed by atoms with Gasteiger partial charge in [0.15, 0.2) is 0 Å². The van der Waals surface area contributed by atoms with Gasteiger partial charge in [0.05, 0.1) is 12.0 Å². The van der Waals surface area contributed by atoms with Gasteiger partial charge < -0.3 is 10.6 Å². The number of likely N-dealkylation sites (tertiary alicyclic amines) is 1. The molecule has 4 nitrogen and oxygen atoms in total. The summed E-state index contributed by atoms with van der Waals surface area (Å²) in [6, 6.07) is 8.44. The van der Waals surface area contributed by atoms with Gasteiger partial charge >= 0.3 is 0 Å². The summed E-state index contributed by atoms with van der Waals surface area (Å²) in [4.78, 5) is 25.6. The number of rotatable bonds is 2.